The van der Waals surface area contributed by atoms with Gasteiger partial charge >= 0.3 is 0 Å². The largest absolute Gasteiger partial charge is 0.286 e. The number of carbonyl (C=O) groups is 1. The van der Waals surface area contributed by atoms with E-state index in [9.17, 15) is 14.9 Å². The molecule has 2 aromatic rings. The van der Waals surface area contributed by atoms with Gasteiger partial charge < -0.3 is 0 Å². The first-order valence-electron chi connectivity index (χ1n) is 7.42. The van der Waals surface area contributed by atoms with Crippen molar-refractivity contribution >= 4 is 28.5 Å². The molecule has 0 spiro atoms. The topological polar surface area (TPSA) is 75.8 Å². The predicted octanol–water partition coefficient (Wildman–Crippen LogP) is 3.34. The van der Waals surface area contributed by atoms with Gasteiger partial charge in [-0.15, -0.1) is 0 Å². The van der Waals surface area contributed by atoms with Crippen LogP contribution in [0.3, 0.4) is 0 Å². The molecule has 122 valence electrons. The van der Waals surface area contributed by atoms with Crippen LogP contribution in [0.2, 0.25) is 0 Å². The number of nitrogens with zero attached hydrogens (tertiary/aromatic N) is 3. The van der Waals surface area contributed by atoms with Crippen LogP contribution in [0.15, 0.2) is 59.6 Å². The van der Waals surface area contributed by atoms with Crippen LogP contribution in [0.5, 0.6) is 0 Å². The lowest BCUT2D eigenvalue weighted by Crippen LogP contribution is -2.32. The van der Waals surface area contributed by atoms with Gasteiger partial charge in [0.25, 0.3) is 11.6 Å². The fraction of sp³-hybridized carbons (Fsp3) is 0.176. The summed E-state index contributed by atoms with van der Waals surface area (Å²) in [5.41, 5.74) is 1.37. The molecule has 24 heavy (non-hydrogen) atoms. The molecule has 0 saturated heterocycles. The van der Waals surface area contributed by atoms with Gasteiger partial charge in [0, 0.05) is 30.0 Å². The molecular weight excluding hydrogens is 326 g/mol. The summed E-state index contributed by atoms with van der Waals surface area (Å²) in [6.45, 7) is 1.05. The van der Waals surface area contributed by atoms with Gasteiger partial charge in [0.1, 0.15) is 0 Å². The van der Waals surface area contributed by atoms with Gasteiger partial charge in [0.05, 0.1) is 11.5 Å². The minimum atomic E-state index is -0.500. The van der Waals surface area contributed by atoms with E-state index in [2.05, 4.69) is 4.99 Å². The van der Waals surface area contributed by atoms with E-state index >= 15 is 0 Å². The molecule has 0 N–H and O–H groups in total. The van der Waals surface area contributed by atoms with Crippen LogP contribution in [0.4, 0.5) is 5.69 Å². The number of non-ortho nitro benzene ring substituents is 1. The zero-order valence-electron chi connectivity index (χ0n) is 12.8. The Morgan fingerprint density at radius 1 is 1.21 bits per heavy atom. The molecule has 0 saturated carbocycles. The molecule has 0 unspecified atom stereocenters. The number of hydrogen-bond acceptors (Lipinski definition) is 5. The highest BCUT2D eigenvalue weighted by Gasteiger charge is 2.26. The molecule has 1 amide bonds. The van der Waals surface area contributed by atoms with Crippen molar-refractivity contribution in [3.05, 3.63) is 75.8 Å². The second-order valence-electron chi connectivity index (χ2n) is 5.20. The smallest absolute Gasteiger partial charge is 0.270 e. The molecule has 1 aliphatic heterocycles. The maximum atomic E-state index is 12.7. The van der Waals surface area contributed by atoms with Crippen LogP contribution < -0.4 is 0 Å². The van der Waals surface area contributed by atoms with Crippen LogP contribution in [0.25, 0.3) is 0 Å². The lowest BCUT2D eigenvalue weighted by atomic mass is 10.2. The predicted molar refractivity (Wildman–Crippen MR) is 94.2 cm³/mol. The number of carbonyl (C=O) groups excluding carboxylic acids is 1. The average molecular weight is 341 g/mol. The molecule has 0 fully saturated rings. The van der Waals surface area contributed by atoms with E-state index in [-0.39, 0.29) is 11.6 Å². The number of thioether (sulfide) groups is 1. The first-order valence-corrected chi connectivity index (χ1v) is 8.41. The van der Waals surface area contributed by atoms with Crippen LogP contribution >= 0.6 is 11.8 Å². The summed E-state index contributed by atoms with van der Waals surface area (Å²) in [5, 5.41) is 11.5. The molecule has 2 aromatic carbocycles. The highest BCUT2D eigenvalue weighted by atomic mass is 32.2. The maximum Gasteiger partial charge on any atom is 0.270 e. The van der Waals surface area contributed by atoms with Crippen molar-refractivity contribution in [1.29, 1.82) is 0 Å². The molecule has 0 bridgehead atoms. The van der Waals surface area contributed by atoms with Crippen LogP contribution in [0, 0.1) is 10.1 Å². The third-order valence-electron chi connectivity index (χ3n) is 3.56. The second kappa shape index (κ2) is 7.27. The molecule has 3 rings (SSSR count). The Hall–Kier alpha value is -2.67. The molecule has 7 heteroatoms. The molecule has 0 aliphatic carbocycles. The monoisotopic (exact) mass is 341 g/mol. The summed E-state index contributed by atoms with van der Waals surface area (Å²) < 4.78 is 0. The van der Waals surface area contributed by atoms with E-state index in [0.717, 1.165) is 11.3 Å². The summed E-state index contributed by atoms with van der Waals surface area (Å²) in [4.78, 5) is 29.0. The Kier molecular flexibility index (Phi) is 4.90. The van der Waals surface area contributed by atoms with Gasteiger partial charge in [-0.05, 0) is 11.6 Å². The number of benzene rings is 2. The van der Waals surface area contributed by atoms with Crippen molar-refractivity contribution in [3.8, 4) is 0 Å². The fourth-order valence-electron chi connectivity index (χ4n) is 2.37. The molecule has 0 radical (unpaired) electrons. The van der Waals surface area contributed by atoms with Crippen LogP contribution in [-0.4, -0.2) is 34.0 Å². The van der Waals surface area contributed by atoms with E-state index in [4.69, 9.17) is 0 Å². The summed E-state index contributed by atoms with van der Waals surface area (Å²) >= 11 is 1.50. The minimum Gasteiger partial charge on any atom is -0.286 e. The van der Waals surface area contributed by atoms with Gasteiger partial charge in [-0.2, -0.15) is 0 Å². The first-order chi connectivity index (χ1) is 11.6. The van der Waals surface area contributed by atoms with E-state index in [1.807, 2.05) is 30.3 Å². The van der Waals surface area contributed by atoms with E-state index in [0.29, 0.717) is 23.8 Å². The zero-order chi connectivity index (χ0) is 16.9. The Bertz CT molecular complexity index is 793. The van der Waals surface area contributed by atoms with Gasteiger partial charge in [-0.25, -0.2) is 0 Å². The number of nitro benzene ring substituents is 1. The molecule has 0 atom stereocenters. The normalized spacial score (nSPS) is 13.7. The SMILES string of the molecule is O=C(c1cccc([N+](=O)[O-])c1)N1CCN=C1SCc1ccccc1. The lowest BCUT2D eigenvalue weighted by Gasteiger charge is -2.17. The van der Waals surface area contributed by atoms with Gasteiger partial charge in [0.2, 0.25) is 0 Å². The van der Waals surface area contributed by atoms with Crippen molar-refractivity contribution in [3.63, 3.8) is 0 Å². The van der Waals surface area contributed by atoms with Crippen molar-refractivity contribution < 1.29 is 9.72 Å². The van der Waals surface area contributed by atoms with Gasteiger partial charge in [0.15, 0.2) is 5.17 Å². The van der Waals surface area contributed by atoms with Gasteiger partial charge in [-0.1, -0.05) is 48.2 Å². The number of nitro groups is 1. The minimum absolute atomic E-state index is 0.0875. The summed E-state index contributed by atoms with van der Waals surface area (Å²) in [5.74, 6) is 0.466. The molecule has 6 nitrogen and oxygen atoms in total. The second-order valence-corrected chi connectivity index (χ2v) is 6.15. The lowest BCUT2D eigenvalue weighted by molar-refractivity contribution is -0.384. The summed E-state index contributed by atoms with van der Waals surface area (Å²) in [6, 6.07) is 15.7. The quantitative estimate of drug-likeness (QED) is 0.631. The van der Waals surface area contributed by atoms with Crippen molar-refractivity contribution in [2.45, 2.75) is 5.75 Å². The Balaban J connectivity index is 1.71. The fourth-order valence-corrected chi connectivity index (χ4v) is 3.37. The maximum absolute atomic E-state index is 12.7. The average Bonchev–Trinajstić information content (AvgIpc) is 3.09. The number of aliphatic imine (C=N–C) groups is 1. The Morgan fingerprint density at radius 2 is 2.00 bits per heavy atom. The highest BCUT2D eigenvalue weighted by molar-refractivity contribution is 8.13. The summed E-state index contributed by atoms with van der Waals surface area (Å²) in [7, 11) is 0. The summed E-state index contributed by atoms with van der Waals surface area (Å²) in [6.07, 6.45) is 0. The molecule has 0 aromatic heterocycles. The highest BCUT2D eigenvalue weighted by Crippen LogP contribution is 2.22. The van der Waals surface area contributed by atoms with Gasteiger partial charge in [-0.3, -0.25) is 24.8 Å². The Morgan fingerprint density at radius 3 is 2.75 bits per heavy atom. The Labute approximate surface area is 143 Å². The van der Waals surface area contributed by atoms with Crippen LogP contribution in [-0.2, 0) is 5.75 Å². The van der Waals surface area contributed by atoms with E-state index in [1.54, 1.807) is 11.0 Å². The number of amides is 1. The van der Waals surface area contributed by atoms with Crippen molar-refractivity contribution in [1.82, 2.24) is 4.90 Å². The standard InChI is InChI=1S/C17H15N3O3S/c21-16(14-7-4-8-15(11-14)20(22)23)19-10-9-18-17(19)24-12-13-5-2-1-3-6-13/h1-8,11H,9-10,12H2. The molecule has 1 heterocycles. The van der Waals surface area contributed by atoms with Crippen molar-refractivity contribution in [2.75, 3.05) is 13.1 Å². The first kappa shape index (κ1) is 16.2. The third kappa shape index (κ3) is 3.62. The third-order valence-corrected chi connectivity index (χ3v) is 4.65. The number of amidine groups is 1. The van der Waals surface area contributed by atoms with E-state index < -0.39 is 4.92 Å². The number of hydrogen-bond donors (Lipinski definition) is 0. The zero-order valence-corrected chi connectivity index (χ0v) is 13.6. The number of rotatable bonds is 4. The van der Waals surface area contributed by atoms with Crippen molar-refractivity contribution in [2.24, 2.45) is 4.99 Å². The molecule has 1 aliphatic rings. The van der Waals surface area contributed by atoms with Crippen LogP contribution in [0.1, 0.15) is 15.9 Å². The molecular formula is C17H15N3O3S. The van der Waals surface area contributed by atoms with E-state index in [1.165, 1.54) is 30.0 Å².